The number of fused-ring (bicyclic) bond motifs is 1. The van der Waals surface area contributed by atoms with Crippen molar-refractivity contribution in [3.8, 4) is 0 Å². The Bertz CT molecular complexity index is 761. The maximum absolute atomic E-state index is 6.39. The molecule has 1 unspecified atom stereocenters. The van der Waals surface area contributed by atoms with Gasteiger partial charge < -0.3 is 5.73 Å². The number of nitrogens with zero attached hydrogens (tertiary/aromatic N) is 1. The molecule has 2 nitrogen and oxygen atoms in total. The second kappa shape index (κ2) is 6.02. The van der Waals surface area contributed by atoms with Gasteiger partial charge in [-0.15, -0.1) is 0 Å². The Kier molecular flexibility index (Phi) is 4.11. The topological polar surface area (TPSA) is 38.9 Å². The third-order valence-electron chi connectivity index (χ3n) is 3.60. The predicted octanol–water partition coefficient (Wildman–Crippen LogP) is 4.78. The Morgan fingerprint density at radius 1 is 1.00 bits per heavy atom. The van der Waals surface area contributed by atoms with Crippen LogP contribution in [0.4, 0.5) is 0 Å². The quantitative estimate of drug-likeness (QED) is 0.755. The summed E-state index contributed by atoms with van der Waals surface area (Å²) in [5.41, 5.74) is 8.36. The molecule has 0 fully saturated rings. The summed E-state index contributed by atoms with van der Waals surface area (Å²) >= 11 is 12.5. The molecule has 0 aliphatic rings. The highest BCUT2D eigenvalue weighted by Crippen LogP contribution is 2.30. The lowest BCUT2D eigenvalue weighted by Crippen LogP contribution is -2.14. The fourth-order valence-electron chi connectivity index (χ4n) is 2.53. The molecule has 2 aromatic carbocycles. The molecular formula is C17H14Cl2N2. The average Bonchev–Trinajstić information content (AvgIpc) is 2.50. The Morgan fingerprint density at radius 3 is 2.48 bits per heavy atom. The van der Waals surface area contributed by atoms with Gasteiger partial charge in [-0.25, -0.2) is 0 Å². The molecule has 106 valence electrons. The molecule has 3 aromatic rings. The fraction of sp³-hybridized carbons (Fsp3) is 0.118. The largest absolute Gasteiger partial charge is 0.324 e. The van der Waals surface area contributed by atoms with E-state index in [-0.39, 0.29) is 6.04 Å². The molecule has 0 amide bonds. The van der Waals surface area contributed by atoms with Gasteiger partial charge >= 0.3 is 0 Å². The molecule has 21 heavy (non-hydrogen) atoms. The lowest BCUT2D eigenvalue weighted by atomic mass is 9.95. The molecule has 0 aliphatic carbocycles. The van der Waals surface area contributed by atoms with Crippen molar-refractivity contribution in [1.29, 1.82) is 0 Å². The SMILES string of the molecule is NC(Cc1c(Cl)cccc1Cl)c1cccc2cnccc12. The van der Waals surface area contributed by atoms with Crippen LogP contribution in [-0.2, 0) is 6.42 Å². The van der Waals surface area contributed by atoms with Crippen LogP contribution in [0.1, 0.15) is 17.2 Å². The fourth-order valence-corrected chi connectivity index (χ4v) is 3.08. The molecule has 2 N–H and O–H groups in total. The second-order valence-electron chi connectivity index (χ2n) is 4.95. The van der Waals surface area contributed by atoms with Crippen molar-refractivity contribution >= 4 is 34.0 Å². The first-order valence-electron chi connectivity index (χ1n) is 6.68. The zero-order valence-corrected chi connectivity index (χ0v) is 12.8. The van der Waals surface area contributed by atoms with Gasteiger partial charge in [0.25, 0.3) is 0 Å². The summed E-state index contributed by atoms with van der Waals surface area (Å²) in [6.07, 6.45) is 4.22. The van der Waals surface area contributed by atoms with Crippen molar-refractivity contribution in [3.63, 3.8) is 0 Å². The second-order valence-corrected chi connectivity index (χ2v) is 5.77. The van der Waals surface area contributed by atoms with E-state index in [1.807, 2.05) is 48.7 Å². The normalized spacial score (nSPS) is 12.5. The van der Waals surface area contributed by atoms with Gasteiger partial charge in [0.15, 0.2) is 0 Å². The Labute approximate surface area is 133 Å². The van der Waals surface area contributed by atoms with Crippen LogP contribution in [0.2, 0.25) is 10.0 Å². The van der Waals surface area contributed by atoms with Crippen LogP contribution >= 0.6 is 23.2 Å². The van der Waals surface area contributed by atoms with E-state index in [4.69, 9.17) is 28.9 Å². The minimum absolute atomic E-state index is 0.173. The van der Waals surface area contributed by atoms with Crippen LogP contribution < -0.4 is 5.73 Å². The van der Waals surface area contributed by atoms with Crippen LogP contribution in [0, 0.1) is 0 Å². The molecule has 4 heteroatoms. The van der Waals surface area contributed by atoms with E-state index in [0.29, 0.717) is 16.5 Å². The van der Waals surface area contributed by atoms with E-state index in [0.717, 1.165) is 21.9 Å². The van der Waals surface area contributed by atoms with Crippen LogP contribution in [0.3, 0.4) is 0 Å². The van der Waals surface area contributed by atoms with Gasteiger partial charge in [-0.2, -0.15) is 0 Å². The van der Waals surface area contributed by atoms with Gasteiger partial charge in [-0.3, -0.25) is 4.98 Å². The van der Waals surface area contributed by atoms with Gasteiger partial charge in [0.2, 0.25) is 0 Å². The predicted molar refractivity (Wildman–Crippen MR) is 88.8 cm³/mol. The summed E-state index contributed by atoms with van der Waals surface area (Å²) < 4.78 is 0. The molecule has 0 saturated carbocycles. The Balaban J connectivity index is 2.00. The maximum atomic E-state index is 6.39. The van der Waals surface area contributed by atoms with Crippen molar-refractivity contribution in [3.05, 3.63) is 76.0 Å². The van der Waals surface area contributed by atoms with Gasteiger partial charge in [0.1, 0.15) is 0 Å². The molecule has 0 aliphatic heterocycles. The summed E-state index contributed by atoms with van der Waals surface area (Å²) in [5.74, 6) is 0. The molecular weight excluding hydrogens is 303 g/mol. The standard InChI is InChI=1S/C17H14Cl2N2/c18-15-5-2-6-16(19)14(15)9-17(20)13-4-1-3-11-10-21-8-7-12(11)13/h1-8,10,17H,9,20H2. The first-order chi connectivity index (χ1) is 10.2. The monoisotopic (exact) mass is 316 g/mol. The number of hydrogen-bond acceptors (Lipinski definition) is 2. The van der Waals surface area contributed by atoms with E-state index in [9.17, 15) is 0 Å². The zero-order chi connectivity index (χ0) is 14.8. The van der Waals surface area contributed by atoms with Crippen molar-refractivity contribution in [1.82, 2.24) is 4.98 Å². The third-order valence-corrected chi connectivity index (χ3v) is 4.31. The minimum Gasteiger partial charge on any atom is -0.324 e. The van der Waals surface area contributed by atoms with Gasteiger partial charge in [-0.1, -0.05) is 47.5 Å². The molecule has 3 rings (SSSR count). The van der Waals surface area contributed by atoms with Gasteiger partial charge in [0.05, 0.1) is 0 Å². The lowest BCUT2D eigenvalue weighted by Gasteiger charge is -2.16. The Morgan fingerprint density at radius 2 is 1.71 bits per heavy atom. The van der Waals surface area contributed by atoms with E-state index < -0.39 is 0 Å². The van der Waals surface area contributed by atoms with E-state index >= 15 is 0 Å². The van der Waals surface area contributed by atoms with Crippen molar-refractivity contribution in [2.24, 2.45) is 5.73 Å². The number of hydrogen-bond donors (Lipinski definition) is 1. The van der Waals surface area contributed by atoms with Crippen LogP contribution in [0.5, 0.6) is 0 Å². The highest BCUT2D eigenvalue weighted by molar-refractivity contribution is 6.36. The highest BCUT2D eigenvalue weighted by atomic mass is 35.5. The molecule has 0 saturated heterocycles. The highest BCUT2D eigenvalue weighted by Gasteiger charge is 2.14. The summed E-state index contributed by atoms with van der Waals surface area (Å²) in [6.45, 7) is 0. The maximum Gasteiger partial charge on any atom is 0.0453 e. The number of benzene rings is 2. The average molecular weight is 317 g/mol. The molecule has 1 atom stereocenters. The van der Waals surface area contributed by atoms with Crippen LogP contribution in [0.25, 0.3) is 10.8 Å². The van der Waals surface area contributed by atoms with Crippen LogP contribution in [0.15, 0.2) is 54.9 Å². The number of pyridine rings is 1. The summed E-state index contributed by atoms with van der Waals surface area (Å²) in [7, 11) is 0. The number of rotatable bonds is 3. The number of halogens is 2. The molecule has 0 radical (unpaired) electrons. The molecule has 1 heterocycles. The molecule has 0 spiro atoms. The van der Waals surface area contributed by atoms with Crippen LogP contribution in [-0.4, -0.2) is 4.98 Å². The summed E-state index contributed by atoms with van der Waals surface area (Å²) in [6, 6.07) is 13.4. The first-order valence-corrected chi connectivity index (χ1v) is 7.43. The molecule has 1 aromatic heterocycles. The number of aromatic nitrogens is 1. The minimum atomic E-state index is -0.173. The van der Waals surface area contributed by atoms with E-state index in [1.165, 1.54) is 0 Å². The first kappa shape index (κ1) is 14.3. The molecule has 0 bridgehead atoms. The van der Waals surface area contributed by atoms with Gasteiger partial charge in [-0.05, 0) is 41.1 Å². The Hall–Kier alpha value is -1.61. The van der Waals surface area contributed by atoms with Crippen molar-refractivity contribution in [2.45, 2.75) is 12.5 Å². The number of nitrogens with two attached hydrogens (primary N) is 1. The van der Waals surface area contributed by atoms with E-state index in [2.05, 4.69) is 4.98 Å². The summed E-state index contributed by atoms with van der Waals surface area (Å²) in [5, 5.41) is 3.50. The lowest BCUT2D eigenvalue weighted by molar-refractivity contribution is 0.728. The van der Waals surface area contributed by atoms with E-state index in [1.54, 1.807) is 6.20 Å². The zero-order valence-electron chi connectivity index (χ0n) is 11.3. The van der Waals surface area contributed by atoms with Crippen molar-refractivity contribution in [2.75, 3.05) is 0 Å². The summed E-state index contributed by atoms with van der Waals surface area (Å²) in [4.78, 5) is 4.14. The van der Waals surface area contributed by atoms with Crippen molar-refractivity contribution < 1.29 is 0 Å². The third kappa shape index (κ3) is 2.88. The smallest absolute Gasteiger partial charge is 0.0453 e. The van der Waals surface area contributed by atoms with Gasteiger partial charge in [0, 0.05) is 33.9 Å².